The van der Waals surface area contributed by atoms with Gasteiger partial charge in [-0.1, -0.05) is 19.1 Å². The minimum atomic E-state index is -1.29. The second-order valence-corrected chi connectivity index (χ2v) is 5.21. The number of hydrogen-bond acceptors (Lipinski definition) is 5. The van der Waals surface area contributed by atoms with Gasteiger partial charge in [0.05, 0.1) is 12.6 Å². The van der Waals surface area contributed by atoms with Crippen LogP contribution in [0.15, 0.2) is 12.2 Å². The van der Waals surface area contributed by atoms with E-state index < -0.39 is 25.5 Å². The maximum Gasteiger partial charge on any atom is 0.182 e. The van der Waals surface area contributed by atoms with Gasteiger partial charge in [-0.05, 0) is 32.6 Å². The predicted molar refractivity (Wildman–Crippen MR) is 77.9 cm³/mol. The smallest absolute Gasteiger partial charge is 0.182 e. The van der Waals surface area contributed by atoms with Crippen LogP contribution in [0.4, 0.5) is 0 Å². The van der Waals surface area contributed by atoms with Crippen LogP contribution >= 0.6 is 0 Å². The molecule has 0 heterocycles. The molecule has 6 nitrogen and oxygen atoms in total. The number of aliphatic hydroxyl groups excluding tert-OH is 2. The Balaban J connectivity index is 3.95. The molecule has 1 atom stereocenters. The molecule has 2 N–H and O–H groups in total. The third-order valence-corrected chi connectivity index (χ3v) is 3.72. The molecular formula is C15H29NO5. The fraction of sp³-hybridized carbons (Fsp3) is 0.800. The van der Waals surface area contributed by atoms with Gasteiger partial charge in [-0.25, -0.2) is 0 Å². The number of carboxylic acid groups (broad SMARTS) is 1. The molecule has 124 valence electrons. The Morgan fingerprint density at radius 3 is 2.43 bits per heavy atom. The Labute approximate surface area is 127 Å². The minimum Gasteiger partial charge on any atom is -0.544 e. The number of unbranched alkanes of at least 4 members (excludes halogenated alkanes) is 2. The zero-order valence-corrected chi connectivity index (χ0v) is 13.2. The summed E-state index contributed by atoms with van der Waals surface area (Å²) in [6, 6.07) is -0.984. The standard InChI is InChI=1S/C15H29NO5/c1-3-4-5-6-7-8-10-21-11-9-16(12-17,13-18)14(2)15(19)20/h4-5,14,17-18H,3,6-13H2,1-2H3/b5-4+. The number of aliphatic hydroxyl groups is 2. The van der Waals surface area contributed by atoms with Gasteiger partial charge in [0.2, 0.25) is 0 Å². The number of allylic oxidation sites excluding steroid dienone is 2. The maximum atomic E-state index is 10.9. The van der Waals surface area contributed by atoms with E-state index in [4.69, 9.17) is 4.74 Å². The van der Waals surface area contributed by atoms with Crippen molar-refractivity contribution in [2.45, 2.75) is 45.6 Å². The zero-order valence-electron chi connectivity index (χ0n) is 13.2. The molecule has 0 spiro atoms. The second-order valence-electron chi connectivity index (χ2n) is 5.21. The average Bonchev–Trinajstić information content (AvgIpc) is 2.49. The van der Waals surface area contributed by atoms with Gasteiger partial charge < -0.3 is 24.9 Å². The van der Waals surface area contributed by atoms with E-state index in [-0.39, 0.29) is 11.0 Å². The molecule has 0 saturated heterocycles. The van der Waals surface area contributed by atoms with E-state index in [1.54, 1.807) is 0 Å². The first kappa shape index (κ1) is 20.1. The van der Waals surface area contributed by atoms with E-state index in [1.807, 2.05) is 0 Å². The molecule has 0 aliphatic heterocycles. The number of hydrogen-bond donors (Lipinski definition) is 2. The topological polar surface area (TPSA) is 89.8 Å². The molecule has 6 heteroatoms. The number of nitrogens with zero attached hydrogens (tertiary/aromatic N) is 1. The summed E-state index contributed by atoms with van der Waals surface area (Å²) in [7, 11) is 0. The van der Waals surface area contributed by atoms with Gasteiger partial charge in [0, 0.05) is 6.61 Å². The highest BCUT2D eigenvalue weighted by Gasteiger charge is 2.33. The van der Waals surface area contributed by atoms with Crippen LogP contribution in [0.3, 0.4) is 0 Å². The summed E-state index contributed by atoms with van der Waals surface area (Å²) in [6.07, 6.45) is 8.35. The van der Waals surface area contributed by atoms with Gasteiger partial charge in [-0.2, -0.15) is 0 Å². The monoisotopic (exact) mass is 303 g/mol. The zero-order chi connectivity index (χ0) is 16.1. The Morgan fingerprint density at radius 1 is 1.24 bits per heavy atom. The number of aliphatic carboxylic acids is 1. The fourth-order valence-corrected chi connectivity index (χ4v) is 1.95. The summed E-state index contributed by atoms with van der Waals surface area (Å²) >= 11 is 0. The molecule has 0 aliphatic rings. The fourth-order valence-electron chi connectivity index (χ4n) is 1.95. The van der Waals surface area contributed by atoms with Crippen LogP contribution in [-0.2, 0) is 9.53 Å². The number of carbonyl (C=O) groups excluding carboxylic acids is 1. The quantitative estimate of drug-likeness (QED) is 0.216. The van der Waals surface area contributed by atoms with E-state index in [0.29, 0.717) is 13.2 Å². The van der Waals surface area contributed by atoms with E-state index in [1.165, 1.54) is 6.92 Å². The van der Waals surface area contributed by atoms with Gasteiger partial charge in [-0.3, -0.25) is 4.48 Å². The first-order chi connectivity index (χ1) is 10.0. The third-order valence-electron chi connectivity index (χ3n) is 3.72. The van der Waals surface area contributed by atoms with E-state index in [0.717, 1.165) is 25.7 Å². The Bertz CT molecular complexity index is 302. The van der Waals surface area contributed by atoms with Crippen molar-refractivity contribution >= 4 is 5.97 Å². The molecule has 0 aromatic carbocycles. The highest BCUT2D eigenvalue weighted by Crippen LogP contribution is 2.11. The SMILES string of the molecule is CC/C=C/CCCCOCC[N+](CO)(CO)C(C)C(=O)[O-]. The molecular weight excluding hydrogens is 274 g/mol. The van der Waals surface area contributed by atoms with Crippen LogP contribution in [0.25, 0.3) is 0 Å². The molecule has 0 bridgehead atoms. The first-order valence-electron chi connectivity index (χ1n) is 7.55. The summed E-state index contributed by atoms with van der Waals surface area (Å²) in [5.41, 5.74) is 0. The molecule has 0 aliphatic carbocycles. The Morgan fingerprint density at radius 2 is 1.90 bits per heavy atom. The van der Waals surface area contributed by atoms with Crippen LogP contribution < -0.4 is 5.11 Å². The first-order valence-corrected chi connectivity index (χ1v) is 7.55. The van der Waals surface area contributed by atoms with Crippen molar-refractivity contribution in [1.82, 2.24) is 0 Å². The Hall–Kier alpha value is -0.950. The van der Waals surface area contributed by atoms with Crippen LogP contribution in [-0.4, -0.2) is 59.9 Å². The van der Waals surface area contributed by atoms with Crippen LogP contribution in [0.1, 0.15) is 39.5 Å². The van der Waals surface area contributed by atoms with Crippen molar-refractivity contribution < 1.29 is 29.3 Å². The maximum absolute atomic E-state index is 10.9. The van der Waals surface area contributed by atoms with Crippen LogP contribution in [0.5, 0.6) is 0 Å². The van der Waals surface area contributed by atoms with Gasteiger partial charge in [0.1, 0.15) is 12.6 Å². The molecule has 0 rings (SSSR count). The van der Waals surface area contributed by atoms with Crippen molar-refractivity contribution in [1.29, 1.82) is 0 Å². The van der Waals surface area contributed by atoms with E-state index >= 15 is 0 Å². The average molecular weight is 303 g/mol. The molecule has 0 amide bonds. The highest BCUT2D eigenvalue weighted by atomic mass is 16.5. The summed E-state index contributed by atoms with van der Waals surface area (Å²) in [4.78, 5) is 10.9. The van der Waals surface area contributed by atoms with Crippen molar-refractivity contribution in [3.8, 4) is 0 Å². The molecule has 0 aromatic rings. The second kappa shape index (κ2) is 11.7. The predicted octanol–water partition coefficient (Wildman–Crippen LogP) is -0.00570. The lowest BCUT2D eigenvalue weighted by Crippen LogP contribution is -2.62. The minimum absolute atomic E-state index is 0.234. The number of carboxylic acids is 1. The van der Waals surface area contributed by atoms with Gasteiger partial charge in [-0.15, -0.1) is 0 Å². The number of rotatable bonds is 13. The molecule has 0 fully saturated rings. The normalized spacial score (nSPS) is 13.7. The summed E-state index contributed by atoms with van der Waals surface area (Å²) in [5, 5.41) is 29.7. The van der Waals surface area contributed by atoms with Crippen molar-refractivity contribution in [3.63, 3.8) is 0 Å². The van der Waals surface area contributed by atoms with E-state index in [9.17, 15) is 20.1 Å². The molecule has 21 heavy (non-hydrogen) atoms. The summed E-state index contributed by atoms with van der Waals surface area (Å²) in [6.45, 7) is 3.72. The third kappa shape index (κ3) is 7.57. The van der Waals surface area contributed by atoms with Crippen molar-refractivity contribution in [2.75, 3.05) is 33.2 Å². The molecule has 1 unspecified atom stereocenters. The Kier molecular flexibility index (Phi) is 11.2. The van der Waals surface area contributed by atoms with Gasteiger partial charge in [0.25, 0.3) is 0 Å². The lowest BCUT2D eigenvalue weighted by atomic mass is 10.2. The molecule has 0 saturated carbocycles. The van der Waals surface area contributed by atoms with E-state index in [2.05, 4.69) is 19.1 Å². The highest BCUT2D eigenvalue weighted by molar-refractivity contribution is 5.69. The summed E-state index contributed by atoms with van der Waals surface area (Å²) in [5.74, 6) is -1.29. The van der Waals surface area contributed by atoms with Crippen LogP contribution in [0, 0.1) is 0 Å². The van der Waals surface area contributed by atoms with Gasteiger partial charge in [0.15, 0.2) is 13.5 Å². The van der Waals surface area contributed by atoms with Crippen molar-refractivity contribution in [2.24, 2.45) is 0 Å². The van der Waals surface area contributed by atoms with Crippen molar-refractivity contribution in [3.05, 3.63) is 12.2 Å². The number of ether oxygens (including phenoxy) is 1. The lowest BCUT2D eigenvalue weighted by Gasteiger charge is -2.40. The van der Waals surface area contributed by atoms with Crippen LogP contribution in [0.2, 0.25) is 0 Å². The largest absolute Gasteiger partial charge is 0.544 e. The number of carbonyl (C=O) groups is 1. The molecule has 0 radical (unpaired) electrons. The molecule has 0 aromatic heterocycles. The van der Waals surface area contributed by atoms with Gasteiger partial charge >= 0.3 is 0 Å². The number of quaternary nitrogens is 1. The lowest BCUT2D eigenvalue weighted by molar-refractivity contribution is -0.975. The summed E-state index contributed by atoms with van der Waals surface area (Å²) < 4.78 is 5.09.